The van der Waals surface area contributed by atoms with E-state index in [2.05, 4.69) is 27.9 Å². The lowest BCUT2D eigenvalue weighted by Gasteiger charge is -2.35. The van der Waals surface area contributed by atoms with E-state index in [1.165, 1.54) is 5.56 Å². The number of nitrogens with zero attached hydrogens (tertiary/aromatic N) is 3. The van der Waals surface area contributed by atoms with Crippen LogP contribution in [-0.2, 0) is 44.6 Å². The van der Waals surface area contributed by atoms with E-state index in [0.29, 0.717) is 24.5 Å². The number of aromatic nitrogens is 3. The molecule has 0 aromatic carbocycles. The Hall–Kier alpha value is -2.98. The molecule has 3 aliphatic rings. The first-order chi connectivity index (χ1) is 17.9. The van der Waals surface area contributed by atoms with E-state index >= 15 is 0 Å². The number of pyridine rings is 1. The Bertz CT molecular complexity index is 1110. The molecule has 2 atom stereocenters. The van der Waals surface area contributed by atoms with E-state index in [1.54, 1.807) is 24.1 Å². The number of anilines is 1. The number of amides is 1. The normalized spacial score (nSPS) is 25.5. The summed E-state index contributed by atoms with van der Waals surface area (Å²) in [7, 11) is 1.77. The predicted molar refractivity (Wildman–Crippen MR) is 136 cm³/mol. The van der Waals surface area contributed by atoms with Crippen molar-refractivity contribution in [2.24, 2.45) is 13.0 Å². The van der Waals surface area contributed by atoms with E-state index in [0.717, 1.165) is 63.0 Å². The number of rotatable bonds is 11. The number of nitrogens with one attached hydrogen (secondary N) is 2. The summed E-state index contributed by atoms with van der Waals surface area (Å²) in [6.07, 6.45) is 11.2. The summed E-state index contributed by atoms with van der Waals surface area (Å²) in [5, 5.41) is 20.0. The Morgan fingerprint density at radius 3 is 2.95 bits per heavy atom. The molecule has 2 unspecified atom stereocenters. The molecule has 0 bridgehead atoms. The van der Waals surface area contributed by atoms with Crippen molar-refractivity contribution in [3.8, 4) is 0 Å². The summed E-state index contributed by atoms with van der Waals surface area (Å²) in [6, 6.07) is 3.31. The minimum Gasteiger partial charge on any atom is -0.480 e. The van der Waals surface area contributed by atoms with Crippen LogP contribution in [-0.4, -0.2) is 63.7 Å². The summed E-state index contributed by atoms with van der Waals surface area (Å²) in [6.45, 7) is 1.73. The number of carbonyl (C=O) groups is 2. The van der Waals surface area contributed by atoms with Crippen LogP contribution in [0, 0.1) is 5.92 Å². The minimum absolute atomic E-state index is 0.146. The molecule has 2 aliphatic heterocycles. The van der Waals surface area contributed by atoms with Gasteiger partial charge in [-0.15, -0.1) is 0 Å². The number of carboxylic acids is 1. The molecular weight excluding hydrogens is 474 g/mol. The Morgan fingerprint density at radius 1 is 1.35 bits per heavy atom. The third kappa shape index (κ3) is 5.80. The number of hydrogen-bond acceptors (Lipinski definition) is 7. The number of fused-ring (bicyclic) bond motifs is 1. The molecule has 2 fully saturated rings. The van der Waals surface area contributed by atoms with Crippen LogP contribution in [0.15, 0.2) is 24.5 Å². The van der Waals surface area contributed by atoms with Crippen molar-refractivity contribution in [3.05, 3.63) is 41.3 Å². The summed E-state index contributed by atoms with van der Waals surface area (Å²) in [5.41, 5.74) is 1.90. The Labute approximate surface area is 217 Å². The van der Waals surface area contributed by atoms with E-state index in [4.69, 9.17) is 14.5 Å². The summed E-state index contributed by atoms with van der Waals surface area (Å²) < 4.78 is 13.4. The van der Waals surface area contributed by atoms with Gasteiger partial charge in [0.1, 0.15) is 11.9 Å². The number of carboxylic acid groups (broad SMARTS) is 1. The largest absolute Gasteiger partial charge is 0.480 e. The first-order valence-corrected chi connectivity index (χ1v) is 13.4. The Morgan fingerprint density at radius 2 is 2.22 bits per heavy atom. The molecule has 3 N–H and O–H groups in total. The SMILES string of the molecule is Cn1cc(C2(C(=O)NC(CCOC3CC(CCc4ccc5c(n4)NCCC5)C3)C(=O)O)CCCO2)cn1. The van der Waals surface area contributed by atoms with Gasteiger partial charge in [-0.2, -0.15) is 5.10 Å². The average Bonchev–Trinajstić information content (AvgIpc) is 3.54. The van der Waals surface area contributed by atoms with Crippen LogP contribution in [0.5, 0.6) is 0 Å². The van der Waals surface area contributed by atoms with Gasteiger partial charge in [0.15, 0.2) is 5.60 Å². The molecule has 1 saturated heterocycles. The lowest BCUT2D eigenvalue weighted by molar-refractivity contribution is -0.150. The van der Waals surface area contributed by atoms with Gasteiger partial charge in [-0.1, -0.05) is 6.07 Å². The van der Waals surface area contributed by atoms with Crippen molar-refractivity contribution in [1.29, 1.82) is 0 Å². The smallest absolute Gasteiger partial charge is 0.326 e. The maximum Gasteiger partial charge on any atom is 0.326 e. The zero-order chi connectivity index (χ0) is 25.8. The molecule has 37 heavy (non-hydrogen) atoms. The molecule has 4 heterocycles. The van der Waals surface area contributed by atoms with Gasteiger partial charge in [-0.05, 0) is 68.9 Å². The highest BCUT2D eigenvalue weighted by molar-refractivity contribution is 5.90. The fraction of sp³-hybridized carbons (Fsp3) is 0.630. The van der Waals surface area contributed by atoms with Crippen molar-refractivity contribution < 1.29 is 24.2 Å². The summed E-state index contributed by atoms with van der Waals surface area (Å²) >= 11 is 0. The van der Waals surface area contributed by atoms with Crippen molar-refractivity contribution in [2.75, 3.05) is 25.1 Å². The van der Waals surface area contributed by atoms with E-state index in [-0.39, 0.29) is 19.1 Å². The van der Waals surface area contributed by atoms with Crippen LogP contribution in [0.3, 0.4) is 0 Å². The second kappa shape index (κ2) is 11.2. The van der Waals surface area contributed by atoms with Gasteiger partial charge in [-0.25, -0.2) is 9.78 Å². The molecule has 200 valence electrons. The topological polar surface area (TPSA) is 128 Å². The standard InChI is InChI=1S/C27H37N5O5/c1-32-17-20(16-29-32)27(10-3-12-37-27)26(35)31-23(25(33)34)9-13-36-22-14-18(15-22)5-7-21-8-6-19-4-2-11-28-24(19)30-21/h6,8,16-18,22-23H,2-5,7,9-15H2,1H3,(H,28,30)(H,31,35)(H,33,34). The number of ether oxygens (including phenoxy) is 2. The summed E-state index contributed by atoms with van der Waals surface area (Å²) in [4.78, 5) is 29.8. The van der Waals surface area contributed by atoms with Crippen molar-refractivity contribution >= 4 is 17.7 Å². The van der Waals surface area contributed by atoms with Crippen LogP contribution in [0.2, 0.25) is 0 Å². The molecule has 0 radical (unpaired) electrons. The molecule has 0 spiro atoms. The molecule has 10 heteroatoms. The molecule has 1 aliphatic carbocycles. The zero-order valence-electron chi connectivity index (χ0n) is 21.4. The Balaban J connectivity index is 1.05. The van der Waals surface area contributed by atoms with Crippen molar-refractivity contribution in [2.45, 2.75) is 75.5 Å². The highest BCUT2D eigenvalue weighted by Crippen LogP contribution is 2.37. The number of hydrogen-bond donors (Lipinski definition) is 3. The second-order valence-electron chi connectivity index (χ2n) is 10.5. The molecule has 5 rings (SSSR count). The number of aliphatic carboxylic acids is 1. The van der Waals surface area contributed by atoms with Gasteiger partial charge in [0.25, 0.3) is 5.91 Å². The van der Waals surface area contributed by atoms with Crippen LogP contribution in [0.25, 0.3) is 0 Å². The van der Waals surface area contributed by atoms with Gasteiger partial charge < -0.3 is 25.2 Å². The van der Waals surface area contributed by atoms with Gasteiger partial charge in [0.05, 0.1) is 12.3 Å². The molecule has 2 aromatic rings. The quantitative estimate of drug-likeness (QED) is 0.420. The first kappa shape index (κ1) is 25.7. The van der Waals surface area contributed by atoms with Gasteiger partial charge >= 0.3 is 5.97 Å². The van der Waals surface area contributed by atoms with Crippen molar-refractivity contribution in [3.63, 3.8) is 0 Å². The third-order valence-corrected chi connectivity index (χ3v) is 7.88. The van der Waals surface area contributed by atoms with E-state index < -0.39 is 23.5 Å². The van der Waals surface area contributed by atoms with Crippen molar-refractivity contribution in [1.82, 2.24) is 20.1 Å². The molecule has 1 saturated carbocycles. The lowest BCUT2D eigenvalue weighted by atomic mass is 9.79. The van der Waals surface area contributed by atoms with Gasteiger partial charge in [-0.3, -0.25) is 9.48 Å². The van der Waals surface area contributed by atoms with Gasteiger partial charge in [0, 0.05) is 50.7 Å². The van der Waals surface area contributed by atoms with E-state index in [1.807, 2.05) is 0 Å². The third-order valence-electron chi connectivity index (χ3n) is 7.88. The van der Waals surface area contributed by atoms with Crippen LogP contribution in [0.1, 0.15) is 61.8 Å². The zero-order valence-corrected chi connectivity index (χ0v) is 21.4. The number of aryl methyl sites for hydroxylation is 3. The molecule has 10 nitrogen and oxygen atoms in total. The molecule has 1 amide bonds. The fourth-order valence-corrected chi connectivity index (χ4v) is 5.60. The predicted octanol–water partition coefficient (Wildman–Crippen LogP) is 2.57. The first-order valence-electron chi connectivity index (χ1n) is 13.4. The Kier molecular flexibility index (Phi) is 7.76. The van der Waals surface area contributed by atoms with Gasteiger partial charge in [0.2, 0.25) is 0 Å². The van der Waals surface area contributed by atoms with Crippen LogP contribution in [0.4, 0.5) is 5.82 Å². The minimum atomic E-state index is -1.19. The van der Waals surface area contributed by atoms with Crippen LogP contribution < -0.4 is 10.6 Å². The lowest BCUT2D eigenvalue weighted by Crippen LogP contribution is -2.51. The second-order valence-corrected chi connectivity index (χ2v) is 10.5. The van der Waals surface area contributed by atoms with E-state index in [9.17, 15) is 14.7 Å². The monoisotopic (exact) mass is 511 g/mol. The maximum atomic E-state index is 13.2. The maximum absolute atomic E-state index is 13.2. The number of carbonyl (C=O) groups excluding carboxylic acids is 1. The summed E-state index contributed by atoms with van der Waals surface area (Å²) in [5.74, 6) is 0.143. The van der Waals surface area contributed by atoms with Crippen LogP contribution >= 0.6 is 0 Å². The fourth-order valence-electron chi connectivity index (χ4n) is 5.60. The molecular formula is C27H37N5O5. The highest BCUT2D eigenvalue weighted by Gasteiger charge is 2.46. The highest BCUT2D eigenvalue weighted by atomic mass is 16.5. The molecule has 2 aromatic heterocycles. The average molecular weight is 512 g/mol.